The summed E-state index contributed by atoms with van der Waals surface area (Å²) in [6, 6.07) is 2.17. The molecule has 1 N–H and O–H groups in total. The molecule has 0 aromatic carbocycles. The summed E-state index contributed by atoms with van der Waals surface area (Å²) in [5.74, 6) is 0.674. The SMILES string of the molecule is O=C1CCC2CN(C(=O)c3sccc3Br)CCC2N1. The van der Waals surface area contributed by atoms with Gasteiger partial charge in [-0.25, -0.2) is 0 Å². The van der Waals surface area contributed by atoms with E-state index in [9.17, 15) is 9.59 Å². The number of carbonyl (C=O) groups excluding carboxylic acids is 2. The second-order valence-electron chi connectivity index (χ2n) is 5.11. The molecule has 0 radical (unpaired) electrons. The van der Waals surface area contributed by atoms with Crippen LogP contribution in [-0.2, 0) is 4.79 Å². The van der Waals surface area contributed by atoms with Crippen molar-refractivity contribution in [3.63, 3.8) is 0 Å². The number of halogens is 1. The zero-order chi connectivity index (χ0) is 13.4. The first-order valence-electron chi connectivity index (χ1n) is 6.47. The quantitative estimate of drug-likeness (QED) is 0.850. The van der Waals surface area contributed by atoms with Crippen molar-refractivity contribution in [3.05, 3.63) is 20.8 Å². The van der Waals surface area contributed by atoms with Gasteiger partial charge in [0.2, 0.25) is 5.91 Å². The Hall–Kier alpha value is -0.880. The highest BCUT2D eigenvalue weighted by Crippen LogP contribution is 2.29. The maximum absolute atomic E-state index is 12.4. The molecule has 0 aliphatic carbocycles. The normalized spacial score (nSPS) is 26.8. The Morgan fingerprint density at radius 3 is 3.05 bits per heavy atom. The molecule has 0 bridgehead atoms. The molecule has 2 fully saturated rings. The van der Waals surface area contributed by atoms with E-state index >= 15 is 0 Å². The lowest BCUT2D eigenvalue weighted by Crippen LogP contribution is -2.55. The summed E-state index contributed by atoms with van der Waals surface area (Å²) < 4.78 is 0.876. The molecule has 3 heterocycles. The highest BCUT2D eigenvalue weighted by Gasteiger charge is 2.35. The van der Waals surface area contributed by atoms with Crippen molar-refractivity contribution in [2.24, 2.45) is 5.92 Å². The van der Waals surface area contributed by atoms with Gasteiger partial charge in [-0.15, -0.1) is 11.3 Å². The van der Waals surface area contributed by atoms with Gasteiger partial charge in [-0.3, -0.25) is 9.59 Å². The van der Waals surface area contributed by atoms with Crippen molar-refractivity contribution in [2.45, 2.75) is 25.3 Å². The van der Waals surface area contributed by atoms with Gasteiger partial charge in [0.1, 0.15) is 4.88 Å². The Morgan fingerprint density at radius 1 is 1.47 bits per heavy atom. The number of rotatable bonds is 1. The molecular formula is C13H15BrN2O2S. The maximum Gasteiger partial charge on any atom is 0.265 e. The Bertz CT molecular complexity index is 516. The van der Waals surface area contributed by atoms with E-state index in [1.165, 1.54) is 11.3 Å². The third-order valence-electron chi connectivity index (χ3n) is 3.92. The van der Waals surface area contributed by atoms with Crippen molar-refractivity contribution in [2.75, 3.05) is 13.1 Å². The topological polar surface area (TPSA) is 49.4 Å². The molecule has 4 nitrogen and oxygen atoms in total. The molecule has 0 spiro atoms. The number of thiophene rings is 1. The minimum absolute atomic E-state index is 0.109. The van der Waals surface area contributed by atoms with Gasteiger partial charge in [0.15, 0.2) is 0 Å². The molecule has 2 saturated heterocycles. The molecule has 102 valence electrons. The van der Waals surface area contributed by atoms with Crippen LogP contribution in [0.4, 0.5) is 0 Å². The number of nitrogens with one attached hydrogen (secondary N) is 1. The predicted molar refractivity (Wildman–Crippen MR) is 77.2 cm³/mol. The summed E-state index contributed by atoms with van der Waals surface area (Å²) >= 11 is 4.89. The number of hydrogen-bond acceptors (Lipinski definition) is 3. The number of piperidine rings is 2. The molecule has 0 saturated carbocycles. The zero-order valence-electron chi connectivity index (χ0n) is 10.4. The van der Waals surface area contributed by atoms with E-state index in [2.05, 4.69) is 21.2 Å². The first-order chi connectivity index (χ1) is 9.15. The first-order valence-corrected chi connectivity index (χ1v) is 8.14. The average Bonchev–Trinajstić information content (AvgIpc) is 2.83. The van der Waals surface area contributed by atoms with Crippen molar-refractivity contribution >= 4 is 39.1 Å². The van der Waals surface area contributed by atoms with Crippen LogP contribution in [0.15, 0.2) is 15.9 Å². The lowest BCUT2D eigenvalue weighted by Gasteiger charge is -2.41. The largest absolute Gasteiger partial charge is 0.353 e. The number of likely N-dealkylation sites (tertiary alicyclic amines) is 1. The van der Waals surface area contributed by atoms with Gasteiger partial charge in [-0.1, -0.05) is 0 Å². The van der Waals surface area contributed by atoms with Crippen molar-refractivity contribution in [3.8, 4) is 0 Å². The summed E-state index contributed by atoms with van der Waals surface area (Å²) in [6.45, 7) is 1.48. The summed E-state index contributed by atoms with van der Waals surface area (Å²) in [6.07, 6.45) is 2.35. The number of nitrogens with zero attached hydrogens (tertiary/aromatic N) is 1. The van der Waals surface area contributed by atoms with Crippen LogP contribution >= 0.6 is 27.3 Å². The van der Waals surface area contributed by atoms with Gasteiger partial charge in [-0.05, 0) is 46.1 Å². The van der Waals surface area contributed by atoms with Crippen LogP contribution in [0.5, 0.6) is 0 Å². The molecule has 2 aliphatic rings. The predicted octanol–water partition coefficient (Wildman–Crippen LogP) is 2.25. The molecule has 2 atom stereocenters. The van der Waals surface area contributed by atoms with Crippen LogP contribution < -0.4 is 5.32 Å². The Kier molecular flexibility index (Phi) is 3.62. The summed E-state index contributed by atoms with van der Waals surface area (Å²) in [5, 5.41) is 4.96. The van der Waals surface area contributed by atoms with E-state index in [1.54, 1.807) is 0 Å². The monoisotopic (exact) mass is 342 g/mol. The fraction of sp³-hybridized carbons (Fsp3) is 0.538. The average molecular weight is 343 g/mol. The number of amides is 2. The lowest BCUT2D eigenvalue weighted by atomic mass is 9.85. The van der Waals surface area contributed by atoms with Crippen molar-refractivity contribution in [1.82, 2.24) is 10.2 Å². The van der Waals surface area contributed by atoms with Crippen LogP contribution in [-0.4, -0.2) is 35.8 Å². The molecule has 3 rings (SSSR count). The van der Waals surface area contributed by atoms with Gasteiger partial charge in [0.25, 0.3) is 5.91 Å². The molecule has 6 heteroatoms. The van der Waals surface area contributed by atoms with Crippen LogP contribution in [0.25, 0.3) is 0 Å². The van der Waals surface area contributed by atoms with Crippen LogP contribution in [0.3, 0.4) is 0 Å². The van der Waals surface area contributed by atoms with Gasteiger partial charge in [-0.2, -0.15) is 0 Å². The molecule has 2 aliphatic heterocycles. The standard InChI is InChI=1S/C13H15BrN2O2S/c14-9-4-6-19-12(9)13(18)16-5-3-10-8(7-16)1-2-11(17)15-10/h4,6,8,10H,1-3,5,7H2,(H,15,17). The lowest BCUT2D eigenvalue weighted by molar-refractivity contribution is -0.125. The second kappa shape index (κ2) is 5.25. The molecule has 19 heavy (non-hydrogen) atoms. The first kappa shape index (κ1) is 13.1. The summed E-state index contributed by atoms with van der Waals surface area (Å²) in [7, 11) is 0. The van der Waals surface area contributed by atoms with E-state index in [0.717, 1.165) is 35.3 Å². The van der Waals surface area contributed by atoms with E-state index in [1.807, 2.05) is 16.3 Å². The third kappa shape index (κ3) is 2.56. The van der Waals surface area contributed by atoms with Crippen LogP contribution in [0, 0.1) is 5.92 Å². The Morgan fingerprint density at radius 2 is 2.32 bits per heavy atom. The van der Waals surface area contributed by atoms with Gasteiger partial charge in [0, 0.05) is 30.0 Å². The van der Waals surface area contributed by atoms with E-state index in [0.29, 0.717) is 12.3 Å². The Labute approximate surface area is 124 Å². The maximum atomic E-state index is 12.4. The molecule has 1 aromatic heterocycles. The molecular weight excluding hydrogens is 328 g/mol. The summed E-state index contributed by atoms with van der Waals surface area (Å²) in [4.78, 5) is 26.5. The number of fused-ring (bicyclic) bond motifs is 1. The number of carbonyl (C=O) groups is 2. The second-order valence-corrected chi connectivity index (χ2v) is 6.88. The van der Waals surface area contributed by atoms with Gasteiger partial charge in [0.05, 0.1) is 0 Å². The highest BCUT2D eigenvalue weighted by atomic mass is 79.9. The fourth-order valence-electron chi connectivity index (χ4n) is 2.88. The Balaban J connectivity index is 1.70. The molecule has 2 amide bonds. The highest BCUT2D eigenvalue weighted by molar-refractivity contribution is 9.10. The van der Waals surface area contributed by atoms with Gasteiger partial charge < -0.3 is 10.2 Å². The third-order valence-corrected chi connectivity index (χ3v) is 5.75. The fourth-order valence-corrected chi connectivity index (χ4v) is 4.39. The van der Waals surface area contributed by atoms with Crippen LogP contribution in [0.2, 0.25) is 0 Å². The van der Waals surface area contributed by atoms with Gasteiger partial charge >= 0.3 is 0 Å². The van der Waals surface area contributed by atoms with E-state index in [-0.39, 0.29) is 17.9 Å². The minimum Gasteiger partial charge on any atom is -0.353 e. The van der Waals surface area contributed by atoms with Crippen LogP contribution in [0.1, 0.15) is 28.9 Å². The van der Waals surface area contributed by atoms with Crippen molar-refractivity contribution in [1.29, 1.82) is 0 Å². The van der Waals surface area contributed by atoms with E-state index in [4.69, 9.17) is 0 Å². The smallest absolute Gasteiger partial charge is 0.265 e. The summed E-state index contributed by atoms with van der Waals surface area (Å²) in [5.41, 5.74) is 0. The molecule has 1 aromatic rings. The zero-order valence-corrected chi connectivity index (χ0v) is 12.8. The molecule has 2 unspecified atom stereocenters. The number of hydrogen-bond donors (Lipinski definition) is 1. The minimum atomic E-state index is 0.109. The van der Waals surface area contributed by atoms with E-state index < -0.39 is 0 Å². The van der Waals surface area contributed by atoms with Crippen molar-refractivity contribution < 1.29 is 9.59 Å².